The van der Waals surface area contributed by atoms with Crippen LogP contribution in [0.4, 0.5) is 4.39 Å². The fourth-order valence-corrected chi connectivity index (χ4v) is 6.41. The SMILES string of the molecule is Cc1c(C(=O)N2CCCc3ccc(-c4cc5ccccc5s4)cc3C2)ccc(S(C)(=O)=O)c1F. The first-order valence-electron chi connectivity index (χ1n) is 11.1. The highest BCUT2D eigenvalue weighted by Crippen LogP contribution is 2.35. The summed E-state index contributed by atoms with van der Waals surface area (Å²) in [5.41, 5.74) is 3.70. The zero-order chi connectivity index (χ0) is 24.0. The number of aryl methyl sites for hydroxylation is 1. The zero-order valence-corrected chi connectivity index (χ0v) is 20.6. The van der Waals surface area contributed by atoms with E-state index in [9.17, 15) is 17.6 Å². The van der Waals surface area contributed by atoms with Crippen molar-refractivity contribution in [3.05, 3.63) is 88.7 Å². The minimum Gasteiger partial charge on any atom is -0.334 e. The molecule has 174 valence electrons. The first-order chi connectivity index (χ1) is 16.2. The molecule has 1 amide bonds. The second-order valence-electron chi connectivity index (χ2n) is 8.78. The van der Waals surface area contributed by atoms with Crippen molar-refractivity contribution in [2.24, 2.45) is 0 Å². The first kappa shape index (κ1) is 22.7. The summed E-state index contributed by atoms with van der Waals surface area (Å²) in [5, 5.41) is 1.21. The number of fused-ring (bicyclic) bond motifs is 2. The van der Waals surface area contributed by atoms with Gasteiger partial charge in [0, 0.05) is 34.5 Å². The van der Waals surface area contributed by atoms with Crippen LogP contribution in [0.1, 0.15) is 33.5 Å². The second kappa shape index (κ2) is 8.64. The lowest BCUT2D eigenvalue weighted by Crippen LogP contribution is -2.31. The Balaban J connectivity index is 1.47. The lowest BCUT2D eigenvalue weighted by Gasteiger charge is -2.22. The summed E-state index contributed by atoms with van der Waals surface area (Å²) in [7, 11) is -3.71. The molecule has 0 fully saturated rings. The lowest BCUT2D eigenvalue weighted by atomic mass is 10.00. The van der Waals surface area contributed by atoms with Crippen LogP contribution in [0, 0.1) is 12.7 Å². The summed E-state index contributed by atoms with van der Waals surface area (Å²) in [6.45, 7) is 2.45. The molecule has 1 aliphatic heterocycles. The molecule has 7 heteroatoms. The molecule has 1 aromatic heterocycles. The molecule has 4 aromatic rings. The quantitative estimate of drug-likeness (QED) is 0.351. The van der Waals surface area contributed by atoms with Crippen molar-refractivity contribution in [3.63, 3.8) is 0 Å². The fourth-order valence-electron chi connectivity index (χ4n) is 4.56. The molecule has 1 aliphatic rings. The summed E-state index contributed by atoms with van der Waals surface area (Å²) in [4.78, 5) is 15.9. The summed E-state index contributed by atoms with van der Waals surface area (Å²) >= 11 is 1.75. The van der Waals surface area contributed by atoms with Crippen LogP contribution in [0.5, 0.6) is 0 Å². The van der Waals surface area contributed by atoms with Gasteiger partial charge in [0.2, 0.25) is 0 Å². The molecular weight excluding hydrogens is 469 g/mol. The number of hydrogen-bond donors (Lipinski definition) is 0. The van der Waals surface area contributed by atoms with Crippen molar-refractivity contribution >= 4 is 37.2 Å². The molecule has 3 aromatic carbocycles. The van der Waals surface area contributed by atoms with Gasteiger partial charge < -0.3 is 4.90 Å². The second-order valence-corrected chi connectivity index (χ2v) is 11.9. The van der Waals surface area contributed by atoms with Crippen molar-refractivity contribution < 1.29 is 17.6 Å². The lowest BCUT2D eigenvalue weighted by molar-refractivity contribution is 0.0744. The van der Waals surface area contributed by atoms with Gasteiger partial charge in [-0.25, -0.2) is 12.8 Å². The normalized spacial score (nSPS) is 14.1. The average molecular weight is 494 g/mol. The Morgan fingerprint density at radius 1 is 1.03 bits per heavy atom. The van der Waals surface area contributed by atoms with E-state index in [0.29, 0.717) is 13.1 Å². The first-order valence-corrected chi connectivity index (χ1v) is 13.8. The molecular formula is C27H24FNO3S2. The van der Waals surface area contributed by atoms with Gasteiger partial charge in [-0.3, -0.25) is 4.79 Å². The van der Waals surface area contributed by atoms with Gasteiger partial charge in [0.1, 0.15) is 10.7 Å². The van der Waals surface area contributed by atoms with Crippen molar-refractivity contribution in [2.45, 2.75) is 31.2 Å². The maximum Gasteiger partial charge on any atom is 0.254 e. The van der Waals surface area contributed by atoms with E-state index in [4.69, 9.17) is 0 Å². The molecule has 2 heterocycles. The molecule has 0 saturated heterocycles. The molecule has 4 nitrogen and oxygen atoms in total. The van der Waals surface area contributed by atoms with Crippen LogP contribution in [-0.2, 0) is 22.8 Å². The van der Waals surface area contributed by atoms with E-state index in [1.807, 2.05) is 12.1 Å². The minimum atomic E-state index is -3.71. The smallest absolute Gasteiger partial charge is 0.254 e. The standard InChI is InChI=1S/C27H24FNO3S2/c1-17-22(11-12-25(26(17)28)34(2,31)32)27(30)29-13-5-7-18-9-10-20(14-21(18)16-29)24-15-19-6-3-4-8-23(19)33-24/h3-4,6,8-12,14-15H,5,7,13,16H2,1-2H3. The van der Waals surface area contributed by atoms with Crippen LogP contribution in [-0.4, -0.2) is 32.0 Å². The van der Waals surface area contributed by atoms with Crippen molar-refractivity contribution in [3.8, 4) is 10.4 Å². The Kier molecular flexibility index (Phi) is 5.78. The highest BCUT2D eigenvalue weighted by atomic mass is 32.2. The summed E-state index contributed by atoms with van der Waals surface area (Å²) in [5.74, 6) is -1.13. The van der Waals surface area contributed by atoms with E-state index >= 15 is 0 Å². The van der Waals surface area contributed by atoms with Crippen LogP contribution in [0.2, 0.25) is 0 Å². The van der Waals surface area contributed by atoms with E-state index < -0.39 is 15.7 Å². The van der Waals surface area contributed by atoms with E-state index in [0.717, 1.165) is 30.2 Å². The number of sulfone groups is 1. The molecule has 0 unspecified atom stereocenters. The van der Waals surface area contributed by atoms with Crippen LogP contribution < -0.4 is 0 Å². The highest BCUT2D eigenvalue weighted by Gasteiger charge is 2.25. The van der Waals surface area contributed by atoms with Gasteiger partial charge >= 0.3 is 0 Å². The predicted octanol–water partition coefficient (Wildman–Crippen LogP) is 6.01. The molecule has 5 rings (SSSR count). The van der Waals surface area contributed by atoms with Crippen LogP contribution in [0.25, 0.3) is 20.5 Å². The van der Waals surface area contributed by atoms with Gasteiger partial charge in [-0.15, -0.1) is 11.3 Å². The van der Waals surface area contributed by atoms with Gasteiger partial charge in [0.25, 0.3) is 5.91 Å². The van der Waals surface area contributed by atoms with Gasteiger partial charge in [-0.05, 0) is 77.7 Å². The van der Waals surface area contributed by atoms with Crippen LogP contribution in [0.3, 0.4) is 0 Å². The maximum atomic E-state index is 14.8. The Hall–Kier alpha value is -3.03. The molecule has 0 atom stereocenters. The third kappa shape index (κ3) is 4.14. The summed E-state index contributed by atoms with van der Waals surface area (Å²) in [6, 6.07) is 19.6. The monoisotopic (exact) mass is 493 g/mol. The Bertz CT molecular complexity index is 1510. The van der Waals surface area contributed by atoms with Crippen LogP contribution >= 0.6 is 11.3 Å². The van der Waals surface area contributed by atoms with Gasteiger partial charge in [0.05, 0.1) is 0 Å². The summed E-state index contributed by atoms with van der Waals surface area (Å²) in [6.07, 6.45) is 2.64. The molecule has 0 N–H and O–H groups in total. The van der Waals surface area contributed by atoms with E-state index in [1.165, 1.54) is 39.6 Å². The van der Waals surface area contributed by atoms with Gasteiger partial charge in [-0.2, -0.15) is 0 Å². The Morgan fingerprint density at radius 3 is 2.59 bits per heavy atom. The average Bonchev–Trinajstić information content (AvgIpc) is 3.12. The van der Waals surface area contributed by atoms with E-state index in [2.05, 4.69) is 36.4 Å². The molecule has 0 radical (unpaired) electrons. The topological polar surface area (TPSA) is 54.5 Å². The largest absolute Gasteiger partial charge is 0.334 e. The third-order valence-electron chi connectivity index (χ3n) is 6.42. The van der Waals surface area contributed by atoms with Crippen LogP contribution in [0.15, 0.2) is 65.6 Å². The van der Waals surface area contributed by atoms with E-state index in [-0.39, 0.29) is 21.9 Å². The predicted molar refractivity (Wildman–Crippen MR) is 135 cm³/mol. The number of amides is 1. The van der Waals surface area contributed by atoms with Crippen molar-refractivity contribution in [1.29, 1.82) is 0 Å². The van der Waals surface area contributed by atoms with Gasteiger partial charge in [-0.1, -0.05) is 30.3 Å². The third-order valence-corrected chi connectivity index (χ3v) is 8.70. The number of thiophene rings is 1. The number of carbonyl (C=O) groups is 1. The van der Waals surface area contributed by atoms with Gasteiger partial charge in [0.15, 0.2) is 9.84 Å². The molecule has 0 saturated carbocycles. The number of halogens is 1. The molecule has 0 aliphatic carbocycles. The number of nitrogens with zero attached hydrogens (tertiary/aromatic N) is 1. The van der Waals surface area contributed by atoms with Crippen molar-refractivity contribution in [1.82, 2.24) is 4.90 Å². The number of hydrogen-bond acceptors (Lipinski definition) is 4. The van der Waals surface area contributed by atoms with Crippen molar-refractivity contribution in [2.75, 3.05) is 12.8 Å². The number of rotatable bonds is 3. The fraction of sp³-hybridized carbons (Fsp3) is 0.222. The number of benzene rings is 3. The molecule has 34 heavy (non-hydrogen) atoms. The summed E-state index contributed by atoms with van der Waals surface area (Å²) < 4.78 is 39.7. The molecule has 0 bridgehead atoms. The Morgan fingerprint density at radius 2 is 1.82 bits per heavy atom. The highest BCUT2D eigenvalue weighted by molar-refractivity contribution is 7.90. The maximum absolute atomic E-state index is 14.8. The van der Waals surface area contributed by atoms with E-state index in [1.54, 1.807) is 16.2 Å². The zero-order valence-electron chi connectivity index (χ0n) is 19.0. The minimum absolute atomic E-state index is 0.0661. The Labute approximate surface area is 202 Å². The molecule has 0 spiro atoms. The number of carbonyl (C=O) groups excluding carboxylic acids is 1.